The van der Waals surface area contributed by atoms with Crippen molar-refractivity contribution in [3.8, 4) is 5.75 Å². The Labute approximate surface area is 548 Å². The van der Waals surface area contributed by atoms with Gasteiger partial charge in [-0.05, 0) is 94.5 Å². The molecule has 2 bridgehead atoms. The van der Waals surface area contributed by atoms with Crippen LogP contribution in [0.5, 0.6) is 5.75 Å². The number of hydrogen-bond acceptors (Lipinski definition) is 18. The van der Waals surface area contributed by atoms with Crippen molar-refractivity contribution in [3.63, 3.8) is 0 Å². The summed E-state index contributed by atoms with van der Waals surface area (Å²) in [5.74, 6) is -5.57. The Balaban J connectivity index is 0.997. The minimum Gasteiger partial charge on any atom is -0.508 e. The molecule has 0 aliphatic carbocycles. The van der Waals surface area contributed by atoms with Crippen LogP contribution < -0.4 is 65.1 Å². The van der Waals surface area contributed by atoms with Crippen LogP contribution in [-0.4, -0.2) is 202 Å². The van der Waals surface area contributed by atoms with Crippen LogP contribution >= 0.6 is 11.8 Å². The molecule has 32 heteroatoms. The lowest BCUT2D eigenvalue weighted by Crippen LogP contribution is -2.59. The van der Waals surface area contributed by atoms with E-state index < -0.39 is 96.2 Å². The van der Waals surface area contributed by atoms with E-state index in [-0.39, 0.29) is 119 Å². The Morgan fingerprint density at radius 1 is 0.702 bits per heavy atom. The molecule has 512 valence electrons. The molecule has 2 saturated heterocycles. The molecule has 17 N–H and O–H groups in total. The summed E-state index contributed by atoms with van der Waals surface area (Å²) in [7, 11) is 0. The number of nitrogens with one attached hydrogen (secondary N) is 10. The average molecular weight is 1330 g/mol. The highest BCUT2D eigenvalue weighted by molar-refractivity contribution is 8.00. The standard InChI is InChI=1S/C62H89N17O14S/c1-36-55(84)72-46(16-9-22-66-61(64)65)57(86)68-37(2)56(85)73-47(29-38-18-20-42(81)21-19-38)59(88)71-45(54(63)83)15-7-8-23-79-33-40(77-78-79)31-49(60(89)74-48(58(87)69-36)30-39-32-67-44-14-5-4-13-43(39)44)70-52(82)34-93-28-27-92-26-25-91-24-10-12-41(80)11-3-6-17-51-53-50(35-94-51)75-62(90)76-53/h4-5,13-14,18-21,32-33,36-37,45-51,53,67,81H,3,6-12,15-17,22-31,34-35H2,1-2H3,(H2,63,83)(H,68,86)(H,69,87)(H,70,82)(H,71,88)(H,72,84)(H,73,85)(H,74,89)(H4,64,65,66)(H2,75,76,90)/t36-,37-,45+,46-,47-,48-,49+,50-,51-,53-/m1/s1. The Hall–Kier alpha value is -8.88. The number of urea groups is 1. The molecule has 2 fully saturated rings. The summed E-state index contributed by atoms with van der Waals surface area (Å²) in [6.45, 7) is 3.55. The number of aliphatic imine (C=N–C) groups is 1. The fraction of sp³-hybridized carbons (Fsp3) is 0.565. The van der Waals surface area contributed by atoms with Gasteiger partial charge < -0.3 is 89.4 Å². The first-order valence-electron chi connectivity index (χ1n) is 31.8. The maximum absolute atomic E-state index is 14.7. The number of nitrogens with two attached hydrogens (primary N) is 3. The second-order valence-electron chi connectivity index (χ2n) is 23.6. The number of thioether (sulfide) groups is 1. The van der Waals surface area contributed by atoms with Gasteiger partial charge in [0.1, 0.15) is 60.4 Å². The first-order valence-corrected chi connectivity index (χ1v) is 32.9. The van der Waals surface area contributed by atoms with Gasteiger partial charge in [0.05, 0.1) is 44.2 Å². The van der Waals surface area contributed by atoms with Crippen molar-refractivity contribution >= 4 is 87.7 Å². The van der Waals surface area contributed by atoms with Crippen LogP contribution in [0.15, 0.2) is 65.9 Å². The summed E-state index contributed by atoms with van der Waals surface area (Å²) >= 11 is 1.86. The molecule has 94 heavy (non-hydrogen) atoms. The Morgan fingerprint density at radius 3 is 2.10 bits per heavy atom. The molecule has 5 heterocycles. The van der Waals surface area contributed by atoms with Crippen LogP contribution in [0.3, 0.4) is 0 Å². The second kappa shape index (κ2) is 37.1. The third-order valence-electron chi connectivity index (χ3n) is 16.1. The summed E-state index contributed by atoms with van der Waals surface area (Å²) < 4.78 is 18.4. The van der Waals surface area contributed by atoms with Crippen LogP contribution in [0.2, 0.25) is 0 Å². The number of unbranched alkanes of at least 4 members (excludes halogenated alkanes) is 1. The molecule has 7 rings (SSSR count). The van der Waals surface area contributed by atoms with Crippen molar-refractivity contribution in [1.82, 2.24) is 67.8 Å². The van der Waals surface area contributed by atoms with Gasteiger partial charge in [-0.2, -0.15) is 11.8 Å². The van der Waals surface area contributed by atoms with Gasteiger partial charge in [0.2, 0.25) is 47.3 Å². The summed E-state index contributed by atoms with van der Waals surface area (Å²) in [5.41, 5.74) is 19.0. The third-order valence-corrected chi connectivity index (χ3v) is 17.6. The van der Waals surface area contributed by atoms with E-state index >= 15 is 0 Å². The van der Waals surface area contributed by atoms with Crippen molar-refractivity contribution in [3.05, 3.63) is 77.7 Å². The number of para-hydroxylation sites is 1. The van der Waals surface area contributed by atoms with Gasteiger partial charge in [-0.1, -0.05) is 42.0 Å². The summed E-state index contributed by atoms with van der Waals surface area (Å²) in [4.78, 5) is 143. The minimum atomic E-state index is -1.38. The number of primary amides is 1. The van der Waals surface area contributed by atoms with E-state index in [1.54, 1.807) is 24.5 Å². The van der Waals surface area contributed by atoms with Gasteiger partial charge in [-0.25, -0.2) is 4.79 Å². The molecule has 2 aromatic carbocycles. The number of guanidine groups is 1. The topological polar surface area (TPSA) is 464 Å². The first-order chi connectivity index (χ1) is 45.2. The van der Waals surface area contributed by atoms with Crippen molar-refractivity contribution < 1.29 is 67.3 Å². The summed E-state index contributed by atoms with van der Waals surface area (Å²) in [5, 5.41) is 44.2. The third kappa shape index (κ3) is 23.6. The molecule has 0 spiro atoms. The average Bonchev–Trinajstić information content (AvgIpc) is 1.67. The number of amides is 10. The van der Waals surface area contributed by atoms with Crippen LogP contribution in [0.4, 0.5) is 4.79 Å². The smallest absolute Gasteiger partial charge is 0.315 e. The van der Waals surface area contributed by atoms with Gasteiger partial charge in [0.25, 0.3) is 0 Å². The number of carbonyl (C=O) groups is 10. The molecule has 10 atom stereocenters. The predicted molar refractivity (Wildman–Crippen MR) is 346 cm³/mol. The molecular formula is C62H89N17O14S. The molecule has 0 unspecified atom stereocenters. The molecule has 2 aromatic heterocycles. The molecule has 4 aromatic rings. The second-order valence-corrected chi connectivity index (χ2v) is 24.8. The van der Waals surface area contributed by atoms with E-state index in [1.165, 1.54) is 30.7 Å². The van der Waals surface area contributed by atoms with Crippen LogP contribution in [0.1, 0.15) is 101 Å². The Bertz CT molecular complexity index is 3250. The van der Waals surface area contributed by atoms with Crippen molar-refractivity contribution in [1.29, 1.82) is 0 Å². The molecule has 3 aliphatic heterocycles. The maximum Gasteiger partial charge on any atom is 0.315 e. The monoisotopic (exact) mass is 1330 g/mol. The number of phenols is 1. The Morgan fingerprint density at radius 2 is 1.36 bits per heavy atom. The number of aromatic nitrogens is 4. The number of hydrogen-bond donors (Lipinski definition) is 14. The lowest BCUT2D eigenvalue weighted by Gasteiger charge is -2.26. The van der Waals surface area contributed by atoms with Crippen molar-refractivity contribution in [2.75, 3.05) is 51.9 Å². The van der Waals surface area contributed by atoms with Crippen molar-refractivity contribution in [2.45, 2.75) is 170 Å². The first kappa shape index (κ1) is 72.5. The number of benzene rings is 2. The number of fused-ring (bicyclic) bond motifs is 4. The highest BCUT2D eigenvalue weighted by Crippen LogP contribution is 2.33. The zero-order valence-electron chi connectivity index (χ0n) is 53.0. The van der Waals surface area contributed by atoms with Crippen LogP contribution in [0, 0.1) is 0 Å². The normalized spacial score (nSPS) is 23.6. The number of aromatic hydroxyl groups is 1. The number of aromatic amines is 1. The highest BCUT2D eigenvalue weighted by atomic mass is 32.2. The summed E-state index contributed by atoms with van der Waals surface area (Å²) in [6.07, 6.45) is 7.91. The van der Waals surface area contributed by atoms with E-state index in [0.717, 1.165) is 35.9 Å². The van der Waals surface area contributed by atoms with E-state index in [4.69, 9.17) is 31.4 Å². The van der Waals surface area contributed by atoms with Gasteiger partial charge >= 0.3 is 6.03 Å². The molecule has 0 saturated carbocycles. The number of ether oxygens (including phenoxy) is 3. The number of carbonyl (C=O) groups excluding carboxylic acids is 10. The molecule has 0 radical (unpaired) electrons. The molecular weight excluding hydrogens is 1240 g/mol. The van der Waals surface area contributed by atoms with Gasteiger partial charge in [-0.3, -0.25) is 52.8 Å². The summed E-state index contributed by atoms with van der Waals surface area (Å²) in [6, 6.07) is 4.13. The minimum absolute atomic E-state index is 0.00538. The fourth-order valence-electron chi connectivity index (χ4n) is 11.0. The largest absolute Gasteiger partial charge is 0.508 e. The lowest BCUT2D eigenvalue weighted by molar-refractivity contribution is -0.135. The van der Waals surface area contributed by atoms with Crippen LogP contribution in [-0.2, 0) is 83.2 Å². The zero-order valence-corrected chi connectivity index (χ0v) is 53.8. The number of phenolic OH excluding ortho intramolecular Hbond substituents is 1. The van der Waals surface area contributed by atoms with E-state index in [9.17, 15) is 53.1 Å². The molecule has 3 aliphatic rings. The van der Waals surface area contributed by atoms with E-state index in [2.05, 4.69) is 68.1 Å². The number of H-pyrrole nitrogens is 1. The number of rotatable bonds is 27. The molecule has 10 amide bonds. The van der Waals surface area contributed by atoms with Crippen molar-refractivity contribution in [2.24, 2.45) is 22.2 Å². The predicted octanol–water partition coefficient (Wildman–Crippen LogP) is -1.23. The van der Waals surface area contributed by atoms with E-state index in [0.29, 0.717) is 55.1 Å². The number of nitrogens with zero attached hydrogens (tertiary/aromatic N) is 4. The Kier molecular flexibility index (Phi) is 28.7. The van der Waals surface area contributed by atoms with E-state index in [1.807, 2.05) is 36.0 Å². The van der Waals surface area contributed by atoms with Gasteiger partial charge in [0, 0.05) is 86.1 Å². The lowest BCUT2D eigenvalue weighted by atomic mass is 10.0. The highest BCUT2D eigenvalue weighted by Gasteiger charge is 2.43. The zero-order chi connectivity index (χ0) is 67.5. The van der Waals surface area contributed by atoms with Gasteiger partial charge in [-0.15, -0.1) is 5.10 Å². The number of ketones is 1. The number of aryl methyl sites for hydroxylation is 1. The van der Waals surface area contributed by atoms with Gasteiger partial charge in [0.15, 0.2) is 5.96 Å². The number of Topliss-reactive ketones (excluding diaryl/α,β-unsaturated/α-hetero) is 1. The quantitative estimate of drug-likeness (QED) is 0.0144. The molecule has 31 nitrogen and oxygen atoms in total. The maximum atomic E-state index is 14.7. The SMILES string of the molecule is C[C@H]1NC(=O)[C@@H](Cc2c[nH]c3ccccc23)NC(=O)[C@@H](NC(=O)COCCOCCOCCCC(=O)CCCC[C@H]2SC[C@H]3NC(=O)N[C@H]32)Cc2cn(nn2)CCCC[C@@H](C(N)=O)NC(=O)[C@@H](Cc2ccc(O)cc2)NC(=O)[C@@H](C)NC(=O)[C@@H](CCCN=C(N)N)NC1=O. The fourth-order valence-corrected chi connectivity index (χ4v) is 12.5. The van der Waals surface area contributed by atoms with Crippen LogP contribution in [0.25, 0.3) is 10.9 Å².